The van der Waals surface area contributed by atoms with Gasteiger partial charge < -0.3 is 5.32 Å². The lowest BCUT2D eigenvalue weighted by atomic mass is 10.1. The number of aromatic nitrogens is 1. The molecule has 140 valence electrons. The summed E-state index contributed by atoms with van der Waals surface area (Å²) in [6.07, 6.45) is 3.41. The summed E-state index contributed by atoms with van der Waals surface area (Å²) in [5.74, 6) is 0. The highest BCUT2D eigenvalue weighted by Gasteiger charge is 2.33. The van der Waals surface area contributed by atoms with E-state index in [1.807, 2.05) is 7.05 Å². The molecular weight excluding hydrogens is 403 g/mol. The average Bonchev–Trinajstić information content (AvgIpc) is 3.24. The van der Waals surface area contributed by atoms with Gasteiger partial charge in [0.25, 0.3) is 10.0 Å². The van der Waals surface area contributed by atoms with Crippen molar-refractivity contribution in [1.29, 1.82) is 0 Å². The summed E-state index contributed by atoms with van der Waals surface area (Å²) >= 11 is 12.6. The number of benzene rings is 2. The Labute approximate surface area is 168 Å². The fraction of sp³-hybridized carbons (Fsp3) is 0.200. The van der Waals surface area contributed by atoms with E-state index in [-0.39, 0.29) is 10.9 Å². The van der Waals surface area contributed by atoms with E-state index in [1.165, 1.54) is 3.97 Å². The second kappa shape index (κ2) is 6.99. The molecule has 0 radical (unpaired) electrons. The summed E-state index contributed by atoms with van der Waals surface area (Å²) in [5, 5.41) is 4.24. The van der Waals surface area contributed by atoms with Gasteiger partial charge in [0.05, 0.1) is 15.6 Å². The van der Waals surface area contributed by atoms with E-state index < -0.39 is 10.0 Å². The molecule has 0 amide bonds. The molecule has 1 N–H and O–H groups in total. The number of halogens is 2. The van der Waals surface area contributed by atoms with E-state index in [9.17, 15) is 8.42 Å². The Balaban J connectivity index is 2.02. The Morgan fingerprint density at radius 3 is 2.56 bits per heavy atom. The van der Waals surface area contributed by atoms with Crippen LogP contribution in [0.3, 0.4) is 0 Å². The van der Waals surface area contributed by atoms with Crippen LogP contribution < -0.4 is 5.32 Å². The topological polar surface area (TPSA) is 51.1 Å². The molecule has 1 atom stereocenters. The summed E-state index contributed by atoms with van der Waals surface area (Å²) in [6.45, 7) is 0. The summed E-state index contributed by atoms with van der Waals surface area (Å²) in [7, 11) is -1.89. The van der Waals surface area contributed by atoms with Crippen LogP contribution in [-0.2, 0) is 16.4 Å². The highest BCUT2D eigenvalue weighted by molar-refractivity contribution is 7.90. The molecule has 0 saturated heterocycles. The lowest BCUT2D eigenvalue weighted by molar-refractivity contribution is 0.579. The number of fused-ring (bicyclic) bond motifs is 1. The molecule has 0 fully saturated rings. The summed E-state index contributed by atoms with van der Waals surface area (Å²) in [4.78, 5) is 0.235. The van der Waals surface area contributed by atoms with Crippen molar-refractivity contribution in [2.45, 2.75) is 23.8 Å². The molecule has 1 aromatic heterocycles. The molecule has 0 saturated carbocycles. The molecule has 0 bridgehead atoms. The second-order valence-corrected chi connectivity index (χ2v) is 9.19. The van der Waals surface area contributed by atoms with E-state index in [0.29, 0.717) is 21.3 Å². The Bertz CT molecular complexity index is 1110. The predicted molar refractivity (Wildman–Crippen MR) is 109 cm³/mol. The minimum absolute atomic E-state index is 0.115. The van der Waals surface area contributed by atoms with Gasteiger partial charge in [-0.15, -0.1) is 0 Å². The van der Waals surface area contributed by atoms with Crippen LogP contribution in [0.2, 0.25) is 10.0 Å². The van der Waals surface area contributed by atoms with Gasteiger partial charge in [0, 0.05) is 22.8 Å². The molecular formula is C20H18Cl2N2O2S. The molecule has 4 rings (SSSR count). The molecule has 7 heteroatoms. The van der Waals surface area contributed by atoms with Crippen LogP contribution >= 0.6 is 23.2 Å². The molecule has 1 aliphatic rings. The molecule has 1 unspecified atom stereocenters. The molecule has 1 aliphatic carbocycles. The van der Waals surface area contributed by atoms with E-state index in [2.05, 4.69) is 5.32 Å². The summed E-state index contributed by atoms with van der Waals surface area (Å²) in [5.41, 5.74) is 3.21. The number of nitrogens with one attached hydrogen (secondary N) is 1. The average molecular weight is 421 g/mol. The van der Waals surface area contributed by atoms with Crippen molar-refractivity contribution in [1.82, 2.24) is 9.29 Å². The zero-order valence-corrected chi connectivity index (χ0v) is 16.9. The smallest absolute Gasteiger partial charge is 0.268 e. The van der Waals surface area contributed by atoms with Gasteiger partial charge in [-0.25, -0.2) is 12.4 Å². The minimum Gasteiger partial charge on any atom is -0.313 e. The molecule has 4 nitrogen and oxygen atoms in total. The van der Waals surface area contributed by atoms with Gasteiger partial charge in [0.15, 0.2) is 0 Å². The summed E-state index contributed by atoms with van der Waals surface area (Å²) in [6, 6.07) is 13.6. The van der Waals surface area contributed by atoms with Gasteiger partial charge in [0.2, 0.25) is 0 Å². The van der Waals surface area contributed by atoms with Crippen molar-refractivity contribution >= 4 is 33.2 Å². The lowest BCUT2D eigenvalue weighted by Gasteiger charge is -2.14. The Morgan fingerprint density at radius 1 is 1.11 bits per heavy atom. The van der Waals surface area contributed by atoms with Gasteiger partial charge in [-0.1, -0.05) is 41.4 Å². The van der Waals surface area contributed by atoms with Crippen LogP contribution in [-0.4, -0.2) is 19.4 Å². The Morgan fingerprint density at radius 2 is 1.85 bits per heavy atom. The SMILES string of the molecule is CNC1CCc2c1cn(S(=O)(=O)c1ccccc1)c2-c1cc(Cl)ccc1Cl. The first-order valence-corrected chi connectivity index (χ1v) is 10.8. The highest BCUT2D eigenvalue weighted by atomic mass is 35.5. The normalized spacial score (nSPS) is 16.5. The maximum atomic E-state index is 13.4. The predicted octanol–water partition coefficient (Wildman–Crippen LogP) is 4.91. The van der Waals surface area contributed by atoms with Crippen molar-refractivity contribution < 1.29 is 8.42 Å². The standard InChI is InChI=1S/C20H18Cl2N2O2S/c1-23-19-10-8-15-17(19)12-24(27(25,26)14-5-3-2-4-6-14)20(15)16-11-13(21)7-9-18(16)22/h2-7,9,11-12,19,23H,8,10H2,1H3. The Kier molecular flexibility index (Phi) is 4.80. The van der Waals surface area contributed by atoms with E-state index in [4.69, 9.17) is 23.2 Å². The van der Waals surface area contributed by atoms with Crippen molar-refractivity contribution in [3.63, 3.8) is 0 Å². The van der Waals surface area contributed by atoms with E-state index in [0.717, 1.165) is 24.0 Å². The summed E-state index contributed by atoms with van der Waals surface area (Å²) < 4.78 is 28.1. The van der Waals surface area contributed by atoms with Crippen LogP contribution in [0.1, 0.15) is 23.6 Å². The monoisotopic (exact) mass is 420 g/mol. The van der Waals surface area contributed by atoms with Gasteiger partial charge in [-0.2, -0.15) is 0 Å². The van der Waals surface area contributed by atoms with Crippen LogP contribution in [0, 0.1) is 0 Å². The number of hydrogen-bond acceptors (Lipinski definition) is 3. The van der Waals surface area contributed by atoms with Gasteiger partial charge in [-0.05, 0) is 61.3 Å². The third-order valence-electron chi connectivity index (χ3n) is 5.00. The van der Waals surface area contributed by atoms with Crippen molar-refractivity contribution in [3.05, 3.63) is 75.9 Å². The molecule has 2 aromatic carbocycles. The third kappa shape index (κ3) is 3.09. The first kappa shape index (κ1) is 18.6. The third-order valence-corrected chi connectivity index (χ3v) is 7.24. The maximum absolute atomic E-state index is 13.4. The highest BCUT2D eigenvalue weighted by Crippen LogP contribution is 2.43. The van der Waals surface area contributed by atoms with Crippen molar-refractivity contribution in [2.24, 2.45) is 0 Å². The zero-order chi connectivity index (χ0) is 19.2. The zero-order valence-electron chi connectivity index (χ0n) is 14.6. The maximum Gasteiger partial charge on any atom is 0.268 e. The van der Waals surface area contributed by atoms with Crippen LogP contribution in [0.15, 0.2) is 59.6 Å². The van der Waals surface area contributed by atoms with Crippen molar-refractivity contribution in [3.8, 4) is 11.3 Å². The molecule has 0 spiro atoms. The first-order valence-electron chi connectivity index (χ1n) is 8.61. The van der Waals surface area contributed by atoms with Crippen LogP contribution in [0.5, 0.6) is 0 Å². The largest absolute Gasteiger partial charge is 0.313 e. The van der Waals surface area contributed by atoms with Gasteiger partial charge in [-0.3, -0.25) is 0 Å². The Hall–Kier alpha value is -1.79. The quantitative estimate of drug-likeness (QED) is 0.652. The second-order valence-electron chi connectivity index (χ2n) is 6.53. The van der Waals surface area contributed by atoms with E-state index in [1.54, 1.807) is 54.7 Å². The number of nitrogens with zero attached hydrogens (tertiary/aromatic N) is 1. The minimum atomic E-state index is -3.77. The van der Waals surface area contributed by atoms with Crippen LogP contribution in [0.4, 0.5) is 0 Å². The van der Waals surface area contributed by atoms with Crippen LogP contribution in [0.25, 0.3) is 11.3 Å². The van der Waals surface area contributed by atoms with E-state index >= 15 is 0 Å². The fourth-order valence-corrected chi connectivity index (χ4v) is 5.51. The number of hydrogen-bond donors (Lipinski definition) is 1. The number of rotatable bonds is 4. The molecule has 1 heterocycles. The lowest BCUT2D eigenvalue weighted by Crippen LogP contribution is -2.16. The molecule has 27 heavy (non-hydrogen) atoms. The fourth-order valence-electron chi connectivity index (χ4n) is 3.70. The van der Waals surface area contributed by atoms with Crippen molar-refractivity contribution in [2.75, 3.05) is 7.05 Å². The first-order chi connectivity index (χ1) is 12.9. The van der Waals surface area contributed by atoms with Gasteiger partial charge >= 0.3 is 0 Å². The molecule has 3 aromatic rings. The molecule has 0 aliphatic heterocycles. The van der Waals surface area contributed by atoms with Gasteiger partial charge in [0.1, 0.15) is 0 Å².